The van der Waals surface area contributed by atoms with Crippen molar-refractivity contribution in [3.63, 3.8) is 0 Å². The third-order valence-corrected chi connectivity index (χ3v) is 6.15. The zero-order valence-corrected chi connectivity index (χ0v) is 18.3. The minimum atomic E-state index is 0. The Labute approximate surface area is 165 Å². The van der Waals surface area contributed by atoms with Gasteiger partial charge in [0.25, 0.3) is 0 Å². The molecular weight excluding hydrogens is 466 g/mol. The molecule has 0 spiro atoms. The van der Waals surface area contributed by atoms with Crippen LogP contribution in [-0.2, 0) is 25.8 Å². The first-order valence-electron chi connectivity index (χ1n) is 8.79. The first-order chi connectivity index (χ1) is 10.8. The van der Waals surface area contributed by atoms with Crippen molar-refractivity contribution in [2.75, 3.05) is 0 Å². The zero-order valence-electron chi connectivity index (χ0n) is 14.0. The predicted octanol–water partition coefficient (Wildman–Crippen LogP) is 6.51. The maximum Gasteiger partial charge on any atom is 0.0536 e. The molecule has 0 aliphatic heterocycles. The van der Waals surface area contributed by atoms with Crippen LogP contribution >= 0.6 is 11.6 Å². The molecule has 0 saturated carbocycles. The van der Waals surface area contributed by atoms with Crippen LogP contribution in [0.15, 0.2) is 59.8 Å². The molecule has 0 N–H and O–H groups in total. The topological polar surface area (TPSA) is 0 Å². The quantitative estimate of drug-likeness (QED) is 0.234. The van der Waals surface area contributed by atoms with E-state index in [0.29, 0.717) is 11.8 Å². The molecule has 0 amide bonds. The van der Waals surface area contributed by atoms with E-state index in [9.17, 15) is 0 Å². The van der Waals surface area contributed by atoms with E-state index in [0.717, 1.165) is 0 Å². The van der Waals surface area contributed by atoms with Crippen molar-refractivity contribution in [2.45, 2.75) is 56.7 Å². The molecule has 2 atom stereocenters. The van der Waals surface area contributed by atoms with Crippen molar-refractivity contribution in [3.8, 4) is 0 Å². The van der Waals surface area contributed by atoms with Gasteiger partial charge in [-0.1, -0.05) is 35.5 Å². The Morgan fingerprint density at radius 2 is 1.17 bits per heavy atom. The zero-order chi connectivity index (χ0) is 15.5. The van der Waals surface area contributed by atoms with Gasteiger partial charge in [0.15, 0.2) is 0 Å². The van der Waals surface area contributed by atoms with E-state index in [-0.39, 0.29) is 31.2 Å². The minimum Gasteiger partial charge on any atom is -0.121 e. The molecule has 4 rings (SSSR count). The summed E-state index contributed by atoms with van der Waals surface area (Å²) in [5.41, 5.74) is 6.53. The molecule has 4 aliphatic rings. The van der Waals surface area contributed by atoms with Gasteiger partial charge in [-0.3, -0.25) is 0 Å². The van der Waals surface area contributed by atoms with E-state index in [1.165, 1.54) is 51.4 Å². The summed E-state index contributed by atoms with van der Waals surface area (Å²) in [6, 6.07) is 0. The largest absolute Gasteiger partial charge is 0.121 e. The average Bonchev–Trinajstić information content (AvgIpc) is 3.20. The van der Waals surface area contributed by atoms with Crippen LogP contribution in [0.2, 0.25) is 0 Å². The molecule has 0 heterocycles. The van der Waals surface area contributed by atoms with Crippen molar-refractivity contribution in [1.82, 2.24) is 0 Å². The van der Waals surface area contributed by atoms with Crippen LogP contribution in [0.1, 0.15) is 51.4 Å². The number of hydrogen-bond acceptors (Lipinski definition) is 0. The summed E-state index contributed by atoms with van der Waals surface area (Å²) in [6.45, 7) is 6.00. The summed E-state index contributed by atoms with van der Waals surface area (Å²) < 4.78 is 0. The van der Waals surface area contributed by atoms with Crippen LogP contribution < -0.4 is 0 Å². The SMILES string of the molecule is C=C.ClC(C1C=CC2=C1CCCC2)C1C=CC2=C1CCCC2.[Hf]. The molecule has 0 aromatic carbocycles. The fourth-order valence-electron chi connectivity index (χ4n) is 4.54. The predicted molar refractivity (Wildman–Crippen MR) is 97.1 cm³/mol. The van der Waals surface area contributed by atoms with Gasteiger partial charge >= 0.3 is 0 Å². The Balaban J connectivity index is 0.000000617. The maximum atomic E-state index is 6.96. The second kappa shape index (κ2) is 8.81. The first-order valence-corrected chi connectivity index (χ1v) is 9.22. The Hall–Kier alpha value is -0.140. The molecule has 122 valence electrons. The van der Waals surface area contributed by atoms with Gasteiger partial charge in [0.2, 0.25) is 0 Å². The summed E-state index contributed by atoms with van der Waals surface area (Å²) in [4.78, 5) is 0. The molecule has 0 radical (unpaired) electrons. The van der Waals surface area contributed by atoms with Crippen molar-refractivity contribution in [2.24, 2.45) is 11.8 Å². The van der Waals surface area contributed by atoms with E-state index < -0.39 is 0 Å². The van der Waals surface area contributed by atoms with Gasteiger partial charge in [-0.25, -0.2) is 0 Å². The van der Waals surface area contributed by atoms with E-state index >= 15 is 0 Å². The van der Waals surface area contributed by atoms with Gasteiger partial charge in [-0.15, -0.1) is 24.8 Å². The molecule has 4 aliphatic carbocycles. The van der Waals surface area contributed by atoms with Gasteiger partial charge in [0.05, 0.1) is 5.38 Å². The first kappa shape index (κ1) is 19.2. The number of halogens is 1. The summed E-state index contributed by atoms with van der Waals surface area (Å²) >= 11 is 6.96. The van der Waals surface area contributed by atoms with Gasteiger partial charge in [0, 0.05) is 37.7 Å². The van der Waals surface area contributed by atoms with Crippen LogP contribution in [0.4, 0.5) is 0 Å². The second-order valence-electron chi connectivity index (χ2n) is 6.73. The standard InChI is InChI=1S/C19H23Cl.C2H4.Hf/c20-19(17-11-9-13-5-1-3-7-15(13)17)18-12-10-14-6-2-4-8-16(14)18;1-2;/h9-12,17-19H,1-8H2;1-2H2;. The number of alkyl halides is 1. The van der Waals surface area contributed by atoms with Gasteiger partial charge in [0.1, 0.15) is 0 Å². The smallest absolute Gasteiger partial charge is 0.0536 e. The Morgan fingerprint density at radius 3 is 1.61 bits per heavy atom. The average molecular weight is 493 g/mol. The van der Waals surface area contributed by atoms with Crippen LogP contribution in [0.25, 0.3) is 0 Å². The van der Waals surface area contributed by atoms with Crippen molar-refractivity contribution in [1.29, 1.82) is 0 Å². The van der Waals surface area contributed by atoms with Gasteiger partial charge in [-0.2, -0.15) is 0 Å². The second-order valence-corrected chi connectivity index (χ2v) is 7.23. The molecule has 0 fully saturated rings. The number of rotatable bonds is 2. The van der Waals surface area contributed by atoms with Gasteiger partial charge in [-0.05, 0) is 62.5 Å². The fourth-order valence-corrected chi connectivity index (χ4v) is 5.01. The summed E-state index contributed by atoms with van der Waals surface area (Å²) in [6.07, 6.45) is 20.1. The van der Waals surface area contributed by atoms with Crippen molar-refractivity contribution in [3.05, 3.63) is 59.8 Å². The molecule has 0 aromatic heterocycles. The van der Waals surface area contributed by atoms with Crippen molar-refractivity contribution < 1.29 is 25.8 Å². The Bertz CT molecular complexity index is 504. The van der Waals surface area contributed by atoms with E-state index in [2.05, 4.69) is 37.5 Å². The molecule has 0 nitrogen and oxygen atoms in total. The van der Waals surface area contributed by atoms with Crippen LogP contribution in [-0.4, -0.2) is 5.38 Å². The molecule has 0 aromatic rings. The van der Waals surface area contributed by atoms with Crippen LogP contribution in [0, 0.1) is 11.8 Å². The Morgan fingerprint density at radius 1 is 0.783 bits per heavy atom. The molecular formula is C21H27ClHf. The summed E-state index contributed by atoms with van der Waals surface area (Å²) in [5.74, 6) is 0.991. The van der Waals surface area contributed by atoms with E-state index in [4.69, 9.17) is 11.6 Å². The maximum absolute atomic E-state index is 6.96. The summed E-state index contributed by atoms with van der Waals surface area (Å²) in [5, 5.41) is 0.235. The number of allylic oxidation sites excluding steroid dienone is 8. The molecule has 0 bridgehead atoms. The minimum absolute atomic E-state index is 0. The molecule has 23 heavy (non-hydrogen) atoms. The van der Waals surface area contributed by atoms with Crippen LogP contribution in [0.3, 0.4) is 0 Å². The normalized spacial score (nSPS) is 29.4. The Kier molecular flexibility index (Phi) is 7.35. The molecule has 2 unspecified atom stereocenters. The van der Waals surface area contributed by atoms with E-state index in [1.807, 2.05) is 0 Å². The van der Waals surface area contributed by atoms with Crippen molar-refractivity contribution >= 4 is 11.6 Å². The summed E-state index contributed by atoms with van der Waals surface area (Å²) in [7, 11) is 0. The number of hydrogen-bond donors (Lipinski definition) is 0. The molecule has 0 saturated heterocycles. The monoisotopic (exact) mass is 494 g/mol. The fraction of sp³-hybridized carbons (Fsp3) is 0.524. The van der Waals surface area contributed by atoms with E-state index in [1.54, 1.807) is 22.3 Å². The molecule has 2 heteroatoms. The van der Waals surface area contributed by atoms with Crippen LogP contribution in [0.5, 0.6) is 0 Å². The third-order valence-electron chi connectivity index (χ3n) is 5.61. The third kappa shape index (κ3) is 3.76. The van der Waals surface area contributed by atoms with Gasteiger partial charge < -0.3 is 0 Å².